The summed E-state index contributed by atoms with van der Waals surface area (Å²) in [5, 5.41) is 10.7. The molecule has 1 aliphatic carbocycles. The van der Waals surface area contributed by atoms with Crippen LogP contribution in [-0.4, -0.2) is 114 Å². The summed E-state index contributed by atoms with van der Waals surface area (Å²) in [5.41, 5.74) is 0.804. The third-order valence-electron chi connectivity index (χ3n) is 10.9. The molecular weight excluding hydrogens is 641 g/mol. The van der Waals surface area contributed by atoms with Crippen LogP contribution in [0.1, 0.15) is 98.3 Å². The molecule has 0 aromatic carbocycles. The predicted molar refractivity (Wildman–Crippen MR) is 191 cm³/mol. The van der Waals surface area contributed by atoms with Crippen LogP contribution in [0.2, 0.25) is 0 Å². The quantitative estimate of drug-likeness (QED) is 0.0965. The van der Waals surface area contributed by atoms with Gasteiger partial charge in [-0.05, 0) is 63.0 Å². The summed E-state index contributed by atoms with van der Waals surface area (Å²) in [5.74, 6) is -0.842. The maximum absolute atomic E-state index is 13.4. The van der Waals surface area contributed by atoms with Crippen molar-refractivity contribution in [1.82, 2.24) is 14.7 Å². The van der Waals surface area contributed by atoms with Crippen LogP contribution in [0.4, 0.5) is 14.0 Å². The summed E-state index contributed by atoms with van der Waals surface area (Å²) in [6, 6.07) is 0.227. The molecule has 1 saturated carbocycles. The van der Waals surface area contributed by atoms with E-state index in [1.54, 1.807) is 0 Å². The molecule has 1 N–H and O–H groups in total. The molecule has 3 fully saturated rings. The van der Waals surface area contributed by atoms with Gasteiger partial charge in [-0.2, -0.15) is 0 Å². The van der Waals surface area contributed by atoms with Gasteiger partial charge in [0.15, 0.2) is 0 Å². The summed E-state index contributed by atoms with van der Waals surface area (Å²) < 4.78 is 30.7. The maximum atomic E-state index is 13.4. The van der Waals surface area contributed by atoms with Gasteiger partial charge in [0, 0.05) is 50.6 Å². The Balaban J connectivity index is 1.36. The fourth-order valence-corrected chi connectivity index (χ4v) is 7.60. The predicted octanol–water partition coefficient (Wildman–Crippen LogP) is 6.83. The van der Waals surface area contributed by atoms with E-state index in [9.17, 15) is 23.9 Å². The monoisotopic (exact) mass is 703 g/mol. The van der Waals surface area contributed by atoms with Gasteiger partial charge in [-0.1, -0.05) is 70.8 Å². The number of amides is 2. The van der Waals surface area contributed by atoms with Crippen LogP contribution in [0.25, 0.3) is 0 Å². The van der Waals surface area contributed by atoms with Crippen molar-refractivity contribution in [3.05, 3.63) is 36.0 Å². The molecule has 0 bridgehead atoms. The first-order valence-electron chi connectivity index (χ1n) is 19.2. The average molecular weight is 704 g/mol. The normalized spacial score (nSPS) is 31.3. The number of likely N-dealkylation sites (tertiary alicyclic amines) is 1. The van der Waals surface area contributed by atoms with Gasteiger partial charge in [0.2, 0.25) is 0 Å². The van der Waals surface area contributed by atoms with Crippen molar-refractivity contribution in [3.63, 3.8) is 0 Å². The number of esters is 1. The number of rotatable bonds is 8. The van der Waals surface area contributed by atoms with Crippen molar-refractivity contribution in [2.24, 2.45) is 17.8 Å². The number of halogens is 1. The van der Waals surface area contributed by atoms with Crippen molar-refractivity contribution in [2.45, 2.75) is 129 Å². The van der Waals surface area contributed by atoms with E-state index in [1.165, 1.54) is 43.4 Å². The Bertz CT molecular complexity index is 1180. The molecule has 10 nitrogen and oxygen atoms in total. The molecule has 0 aromatic rings. The molecule has 3 aliphatic heterocycles. The zero-order valence-corrected chi connectivity index (χ0v) is 30.8. The van der Waals surface area contributed by atoms with Crippen molar-refractivity contribution in [3.8, 4) is 0 Å². The van der Waals surface area contributed by atoms with Crippen molar-refractivity contribution < 1.29 is 38.1 Å². The Morgan fingerprint density at radius 2 is 1.70 bits per heavy atom. The van der Waals surface area contributed by atoms with Crippen LogP contribution in [-0.2, 0) is 19.0 Å². The van der Waals surface area contributed by atoms with E-state index in [2.05, 4.69) is 4.90 Å². The number of carbonyl (C=O) groups excluding carboxylic acids is 3. The van der Waals surface area contributed by atoms with Gasteiger partial charge in [0.1, 0.15) is 18.9 Å². The van der Waals surface area contributed by atoms with Crippen LogP contribution in [0, 0.1) is 17.8 Å². The molecule has 7 atom stereocenters. The van der Waals surface area contributed by atoms with Gasteiger partial charge in [-0.3, -0.25) is 9.69 Å². The summed E-state index contributed by atoms with van der Waals surface area (Å²) in [6.07, 6.45) is 16.8. The minimum Gasteiger partial charge on any atom is -0.457 e. The molecule has 0 radical (unpaired) electrons. The lowest BCUT2D eigenvalue weighted by Crippen LogP contribution is -2.52. The smallest absolute Gasteiger partial charge is 0.410 e. The van der Waals surface area contributed by atoms with E-state index < -0.39 is 43.1 Å². The highest BCUT2D eigenvalue weighted by molar-refractivity contribution is 5.70. The van der Waals surface area contributed by atoms with Crippen LogP contribution in [0.5, 0.6) is 0 Å². The molecule has 0 aromatic heterocycles. The first-order chi connectivity index (χ1) is 24.0. The molecular formula is C39H62FN3O7. The number of ether oxygens (including phenoxy) is 3. The highest BCUT2D eigenvalue weighted by atomic mass is 19.1. The topological polar surface area (TPSA) is 109 Å². The number of allylic oxidation sites excluding steroid dienone is 2. The van der Waals surface area contributed by atoms with Gasteiger partial charge < -0.3 is 29.1 Å². The van der Waals surface area contributed by atoms with Crippen molar-refractivity contribution >= 4 is 18.2 Å². The van der Waals surface area contributed by atoms with Crippen LogP contribution >= 0.6 is 0 Å². The second kappa shape index (κ2) is 20.2. The lowest BCUT2D eigenvalue weighted by Gasteiger charge is -2.39. The fraction of sp³-hybridized carbons (Fsp3) is 0.769. The highest BCUT2D eigenvalue weighted by Crippen LogP contribution is 2.27. The Kier molecular flexibility index (Phi) is 16.1. The molecule has 0 unspecified atom stereocenters. The molecule has 50 heavy (non-hydrogen) atoms. The summed E-state index contributed by atoms with van der Waals surface area (Å²) in [4.78, 5) is 44.5. The first-order valence-corrected chi connectivity index (χ1v) is 19.2. The van der Waals surface area contributed by atoms with Gasteiger partial charge in [0.05, 0.1) is 25.2 Å². The molecule has 11 heteroatoms. The minimum absolute atomic E-state index is 0.0540. The number of piperazine rings is 1. The maximum Gasteiger partial charge on any atom is 0.410 e. The highest BCUT2D eigenvalue weighted by Gasteiger charge is 2.32. The number of aliphatic hydroxyl groups is 1. The molecule has 4 aliphatic rings. The van der Waals surface area contributed by atoms with E-state index in [0.29, 0.717) is 44.9 Å². The molecule has 0 spiro atoms. The van der Waals surface area contributed by atoms with E-state index in [0.717, 1.165) is 25.1 Å². The molecule has 3 heterocycles. The molecule has 2 amide bonds. The van der Waals surface area contributed by atoms with E-state index in [4.69, 9.17) is 14.2 Å². The molecule has 2 saturated heterocycles. The van der Waals surface area contributed by atoms with E-state index >= 15 is 0 Å². The van der Waals surface area contributed by atoms with Crippen molar-refractivity contribution in [2.75, 3.05) is 46.0 Å². The number of aliphatic hydroxyl groups excluding tert-OH is 1. The third kappa shape index (κ3) is 12.1. The van der Waals surface area contributed by atoms with Gasteiger partial charge in [-0.25, -0.2) is 14.0 Å². The number of alkyl halides is 1. The zero-order valence-electron chi connectivity index (χ0n) is 30.8. The number of nitrogens with zero attached hydrogens (tertiary/aromatic N) is 3. The summed E-state index contributed by atoms with van der Waals surface area (Å²) in [7, 11) is 0. The first kappa shape index (κ1) is 39.9. The van der Waals surface area contributed by atoms with Crippen LogP contribution in [0.15, 0.2) is 36.0 Å². The number of carbonyl (C=O) groups is 3. The number of cyclic esters (lactones) is 1. The fourth-order valence-electron chi connectivity index (χ4n) is 7.60. The third-order valence-corrected chi connectivity index (χ3v) is 10.9. The number of hydrogen-bond acceptors (Lipinski definition) is 8. The largest absolute Gasteiger partial charge is 0.457 e. The standard InChI is InChI=1S/C39H62FN3O7/c1-28(27-48-39(47)43-20-10-15-33(43)26-40)11-9-12-30(3)37-31(4)17-19-35(29(2)16-18-34(44)25-36(45)50-37)49-38(46)42-23-21-41(22-24-42)32-13-7-5-6-8-14-32/h9,11-12,17,19,28-29,31-35,37,44H,5-8,10,13-16,18,20-27H2,1-4H3/b11-9+,19-17-,30-12+/t28-,29-,31+,33-,34+,35+,37-/m1/s1. The summed E-state index contributed by atoms with van der Waals surface area (Å²) >= 11 is 0. The van der Waals surface area contributed by atoms with Gasteiger partial charge in [-0.15, -0.1) is 0 Å². The Labute approximate surface area is 299 Å². The van der Waals surface area contributed by atoms with Crippen LogP contribution < -0.4 is 0 Å². The Hall–Kier alpha value is -2.92. The number of hydrogen-bond donors (Lipinski definition) is 1. The zero-order chi connectivity index (χ0) is 36.0. The van der Waals surface area contributed by atoms with E-state index in [1.807, 2.05) is 63.0 Å². The average Bonchev–Trinajstić information content (AvgIpc) is 3.43. The Morgan fingerprint density at radius 3 is 2.40 bits per heavy atom. The van der Waals surface area contributed by atoms with E-state index in [-0.39, 0.29) is 36.9 Å². The molecule has 4 rings (SSSR count). The SMILES string of the molecule is C/C(=C\C=C\[C@@H](C)COC(=O)N1CCC[C@@H]1CF)[C@H]1OC(=O)C[C@@H](O)CC[C@@H](C)[C@@H](OC(=O)N2CCN(C3CCCCCC3)CC2)/C=C\[C@@H]1C. The van der Waals surface area contributed by atoms with Gasteiger partial charge in [0.25, 0.3) is 0 Å². The molecule has 282 valence electrons. The summed E-state index contributed by atoms with van der Waals surface area (Å²) in [6.45, 7) is 11.0. The second-order valence-corrected chi connectivity index (χ2v) is 15.1. The van der Waals surface area contributed by atoms with Crippen molar-refractivity contribution in [1.29, 1.82) is 0 Å². The second-order valence-electron chi connectivity index (χ2n) is 15.1. The Morgan fingerprint density at radius 1 is 0.980 bits per heavy atom. The van der Waals surface area contributed by atoms with Gasteiger partial charge >= 0.3 is 18.2 Å². The minimum atomic E-state index is -0.855. The lowest BCUT2D eigenvalue weighted by molar-refractivity contribution is -0.151. The van der Waals surface area contributed by atoms with Crippen LogP contribution in [0.3, 0.4) is 0 Å². The lowest BCUT2D eigenvalue weighted by atomic mass is 9.92.